The van der Waals surface area contributed by atoms with Gasteiger partial charge in [-0.1, -0.05) is 0 Å². The fraction of sp³-hybridized carbons (Fsp3) is 0.769. The van der Waals surface area contributed by atoms with Crippen LogP contribution in [0.2, 0.25) is 0 Å². The average molecular weight is 235 g/mol. The monoisotopic (exact) mass is 235 g/mol. The Morgan fingerprint density at radius 3 is 3.29 bits per heavy atom. The van der Waals surface area contributed by atoms with Crippen LogP contribution in [-0.2, 0) is 14.3 Å². The molecule has 3 fully saturated rings. The molecule has 0 radical (unpaired) electrons. The molecule has 0 unspecified atom stereocenters. The Hall–Kier alpha value is -0.870. The van der Waals surface area contributed by atoms with Crippen LogP contribution in [0.25, 0.3) is 0 Å². The van der Waals surface area contributed by atoms with Crippen molar-refractivity contribution in [3.63, 3.8) is 0 Å². The lowest BCUT2D eigenvalue weighted by Crippen LogP contribution is -2.44. The Morgan fingerprint density at radius 1 is 1.59 bits per heavy atom. The Labute approximate surface area is 101 Å². The van der Waals surface area contributed by atoms with Crippen LogP contribution in [0.15, 0.2) is 11.6 Å². The Morgan fingerprint density at radius 2 is 2.47 bits per heavy atom. The van der Waals surface area contributed by atoms with Gasteiger partial charge in [-0.3, -0.25) is 4.90 Å². The van der Waals surface area contributed by atoms with Gasteiger partial charge in [0.05, 0.1) is 12.1 Å². The van der Waals surface area contributed by atoms with E-state index in [1.165, 1.54) is 12.0 Å². The maximum absolute atomic E-state index is 11.6. The first-order valence-electron chi connectivity index (χ1n) is 6.47. The lowest BCUT2D eigenvalue weighted by molar-refractivity contribution is -0.148. The summed E-state index contributed by atoms with van der Waals surface area (Å²) in [6.07, 6.45) is 6.10. The van der Waals surface area contributed by atoms with E-state index in [2.05, 4.69) is 4.90 Å². The van der Waals surface area contributed by atoms with Crippen LogP contribution in [0.4, 0.5) is 0 Å². The van der Waals surface area contributed by atoms with Crippen LogP contribution in [-0.4, -0.2) is 48.3 Å². The highest BCUT2D eigenvalue weighted by Crippen LogP contribution is 2.54. The standard InChI is InChI=1S/C13H17NO3/c1-16-10-5-8-6-12(15)17-13(8)7-9(10)14-4-2-3-11(13)14/h6,9-11H,2-5,7H2,1H3/t9-,10+,11+,13-/m0/s1. The average Bonchev–Trinajstić information content (AvgIpc) is 2.94. The summed E-state index contributed by atoms with van der Waals surface area (Å²) in [5.74, 6) is -0.149. The van der Waals surface area contributed by atoms with Gasteiger partial charge in [-0.25, -0.2) is 4.79 Å². The van der Waals surface area contributed by atoms with Crippen molar-refractivity contribution in [2.45, 2.75) is 49.5 Å². The number of esters is 1. The van der Waals surface area contributed by atoms with Gasteiger partial charge in [-0.2, -0.15) is 0 Å². The van der Waals surface area contributed by atoms with Crippen LogP contribution in [0.1, 0.15) is 25.7 Å². The largest absolute Gasteiger partial charge is 0.450 e. The summed E-state index contributed by atoms with van der Waals surface area (Å²) in [6.45, 7) is 1.13. The third-order valence-corrected chi connectivity index (χ3v) is 5.04. The molecule has 4 heteroatoms. The summed E-state index contributed by atoms with van der Waals surface area (Å²) in [5.41, 5.74) is 0.896. The highest BCUT2D eigenvalue weighted by molar-refractivity contribution is 5.87. The van der Waals surface area contributed by atoms with E-state index in [-0.39, 0.29) is 17.7 Å². The minimum absolute atomic E-state index is 0.149. The van der Waals surface area contributed by atoms with Crippen LogP contribution < -0.4 is 0 Å². The van der Waals surface area contributed by atoms with E-state index in [0.29, 0.717) is 12.1 Å². The summed E-state index contributed by atoms with van der Waals surface area (Å²) in [5, 5.41) is 0. The highest BCUT2D eigenvalue weighted by atomic mass is 16.6. The molecular weight excluding hydrogens is 218 g/mol. The molecule has 4 aliphatic rings. The number of hydrogen-bond acceptors (Lipinski definition) is 4. The first kappa shape index (κ1) is 10.1. The topological polar surface area (TPSA) is 38.8 Å². The first-order valence-corrected chi connectivity index (χ1v) is 6.47. The number of hydrogen-bond donors (Lipinski definition) is 0. The molecule has 0 aromatic heterocycles. The zero-order valence-electron chi connectivity index (χ0n) is 10.0. The number of ether oxygens (including phenoxy) is 2. The molecule has 4 rings (SSSR count). The van der Waals surface area contributed by atoms with E-state index in [9.17, 15) is 4.79 Å². The maximum Gasteiger partial charge on any atom is 0.331 e. The van der Waals surface area contributed by atoms with Gasteiger partial charge in [-0.15, -0.1) is 0 Å². The van der Waals surface area contributed by atoms with Crippen LogP contribution in [0.5, 0.6) is 0 Å². The lowest BCUT2D eigenvalue weighted by atomic mass is 9.76. The lowest BCUT2D eigenvalue weighted by Gasteiger charge is -2.36. The van der Waals surface area contributed by atoms with E-state index in [4.69, 9.17) is 9.47 Å². The van der Waals surface area contributed by atoms with Crippen molar-refractivity contribution in [3.8, 4) is 0 Å². The minimum atomic E-state index is -0.284. The van der Waals surface area contributed by atoms with Crippen molar-refractivity contribution in [3.05, 3.63) is 11.6 Å². The second kappa shape index (κ2) is 3.12. The molecule has 2 bridgehead atoms. The third-order valence-electron chi connectivity index (χ3n) is 5.04. The summed E-state index contributed by atoms with van der Waals surface area (Å²) in [4.78, 5) is 14.1. The predicted molar refractivity (Wildman–Crippen MR) is 60.5 cm³/mol. The van der Waals surface area contributed by atoms with E-state index in [1.807, 2.05) is 0 Å². The van der Waals surface area contributed by atoms with Crippen molar-refractivity contribution < 1.29 is 14.3 Å². The molecule has 3 aliphatic heterocycles. The number of carbonyl (C=O) groups is 1. The summed E-state index contributed by atoms with van der Waals surface area (Å²) >= 11 is 0. The summed E-state index contributed by atoms with van der Waals surface area (Å²) < 4.78 is 11.3. The maximum atomic E-state index is 11.6. The van der Waals surface area contributed by atoms with Crippen LogP contribution >= 0.6 is 0 Å². The summed E-state index contributed by atoms with van der Waals surface area (Å²) in [7, 11) is 1.78. The molecule has 2 saturated heterocycles. The number of fused-ring (bicyclic) bond motifs is 3. The molecule has 0 aromatic carbocycles. The zero-order chi connectivity index (χ0) is 11.6. The quantitative estimate of drug-likeness (QED) is 0.632. The van der Waals surface area contributed by atoms with E-state index in [1.54, 1.807) is 13.2 Å². The van der Waals surface area contributed by atoms with E-state index >= 15 is 0 Å². The van der Waals surface area contributed by atoms with Gasteiger partial charge >= 0.3 is 5.97 Å². The van der Waals surface area contributed by atoms with Crippen molar-refractivity contribution in [2.75, 3.05) is 13.7 Å². The fourth-order valence-corrected chi connectivity index (χ4v) is 4.41. The molecule has 1 saturated carbocycles. The second-order valence-electron chi connectivity index (χ2n) is 5.63. The molecule has 4 nitrogen and oxygen atoms in total. The van der Waals surface area contributed by atoms with Gasteiger partial charge < -0.3 is 9.47 Å². The highest BCUT2D eigenvalue weighted by Gasteiger charge is 2.64. The Kier molecular flexibility index (Phi) is 1.85. The molecule has 4 atom stereocenters. The van der Waals surface area contributed by atoms with Crippen molar-refractivity contribution in [1.82, 2.24) is 4.90 Å². The van der Waals surface area contributed by atoms with Crippen molar-refractivity contribution in [1.29, 1.82) is 0 Å². The number of methoxy groups -OCH3 is 1. The van der Waals surface area contributed by atoms with Gasteiger partial charge in [0, 0.05) is 32.1 Å². The number of rotatable bonds is 1. The first-order chi connectivity index (χ1) is 8.24. The zero-order valence-corrected chi connectivity index (χ0v) is 10.0. The molecule has 1 aliphatic carbocycles. The van der Waals surface area contributed by atoms with Crippen LogP contribution in [0, 0.1) is 0 Å². The normalized spacial score (nSPS) is 47.7. The van der Waals surface area contributed by atoms with Gasteiger partial charge in [0.2, 0.25) is 0 Å². The van der Waals surface area contributed by atoms with Gasteiger partial charge in [0.25, 0.3) is 0 Å². The van der Waals surface area contributed by atoms with Crippen molar-refractivity contribution in [2.24, 2.45) is 0 Å². The number of nitrogens with zero attached hydrogens (tertiary/aromatic N) is 1. The molecule has 0 aromatic rings. The van der Waals surface area contributed by atoms with Gasteiger partial charge in [0.1, 0.15) is 0 Å². The molecule has 17 heavy (non-hydrogen) atoms. The Bertz CT molecular complexity index is 419. The van der Waals surface area contributed by atoms with E-state index in [0.717, 1.165) is 25.8 Å². The molecule has 1 spiro atoms. The van der Waals surface area contributed by atoms with Crippen molar-refractivity contribution >= 4 is 5.97 Å². The minimum Gasteiger partial charge on any atom is -0.450 e. The summed E-state index contributed by atoms with van der Waals surface area (Å²) in [6, 6.07) is 0.848. The molecule has 0 amide bonds. The van der Waals surface area contributed by atoms with Gasteiger partial charge in [-0.05, 0) is 25.0 Å². The molecule has 0 N–H and O–H groups in total. The predicted octanol–water partition coefficient (Wildman–Crippen LogP) is 0.864. The second-order valence-corrected chi connectivity index (χ2v) is 5.63. The smallest absolute Gasteiger partial charge is 0.331 e. The molecule has 92 valence electrons. The third kappa shape index (κ3) is 1.08. The molecular formula is C13H17NO3. The fourth-order valence-electron chi connectivity index (χ4n) is 4.41. The SMILES string of the molecule is CO[C@@H]1CC2=CC(=O)O[C@@]23C[C@@H]1N1CCC[C@@H]13. The van der Waals surface area contributed by atoms with Crippen LogP contribution in [0.3, 0.4) is 0 Å². The van der Waals surface area contributed by atoms with E-state index < -0.39 is 0 Å². The van der Waals surface area contributed by atoms with Gasteiger partial charge in [0.15, 0.2) is 5.60 Å². The molecule has 3 heterocycles. The number of carbonyl (C=O) groups excluding carboxylic acids is 1. The Balaban J connectivity index is 1.82.